The largest absolute Gasteiger partial charge is 0.475 e. The Balaban J connectivity index is 2.01. The van der Waals surface area contributed by atoms with Crippen LogP contribution in [0, 0.1) is 0 Å². The lowest BCUT2D eigenvalue weighted by molar-refractivity contribution is -0.134. The second kappa shape index (κ2) is 5.56. The maximum Gasteiger partial charge on any atom is 0.371 e. The summed E-state index contributed by atoms with van der Waals surface area (Å²) in [5.74, 6) is -2.52. The van der Waals surface area contributed by atoms with Crippen LogP contribution in [0.4, 0.5) is 0 Å². The first-order valence-corrected chi connectivity index (χ1v) is 7.20. The van der Waals surface area contributed by atoms with Gasteiger partial charge in [-0.2, -0.15) is 0 Å². The summed E-state index contributed by atoms with van der Waals surface area (Å²) in [6.07, 6.45) is -0.125. The Bertz CT molecular complexity index is 688. The van der Waals surface area contributed by atoms with Gasteiger partial charge in [-0.15, -0.1) is 0 Å². The summed E-state index contributed by atoms with van der Waals surface area (Å²) in [6.45, 7) is 2.49. The fraction of sp³-hybridized carbons (Fsp3) is 0.333. The Morgan fingerprint density at radius 2 is 2.17 bits per heavy atom. The number of benzene rings is 1. The Labute approximate surface area is 133 Å². The van der Waals surface area contributed by atoms with Crippen molar-refractivity contribution in [1.29, 1.82) is 0 Å². The van der Waals surface area contributed by atoms with Crippen LogP contribution in [-0.4, -0.2) is 40.9 Å². The Kier molecular flexibility index (Phi) is 3.70. The Morgan fingerprint density at radius 1 is 1.48 bits per heavy atom. The van der Waals surface area contributed by atoms with Gasteiger partial charge in [-0.3, -0.25) is 0 Å². The molecule has 0 radical (unpaired) electrons. The van der Waals surface area contributed by atoms with E-state index in [4.69, 9.17) is 10.5 Å². The van der Waals surface area contributed by atoms with Gasteiger partial charge in [-0.05, 0) is 12.5 Å². The van der Waals surface area contributed by atoms with Crippen LogP contribution in [0.3, 0.4) is 0 Å². The maximum absolute atomic E-state index is 11.3. The summed E-state index contributed by atoms with van der Waals surface area (Å²) in [7, 11) is 1.50. The molecule has 0 aromatic heterocycles. The van der Waals surface area contributed by atoms with Gasteiger partial charge in [-0.1, -0.05) is 30.3 Å². The second-order valence-corrected chi connectivity index (χ2v) is 5.43. The first-order chi connectivity index (χ1) is 11.0. The van der Waals surface area contributed by atoms with E-state index in [1.165, 1.54) is 7.11 Å². The molecule has 0 aliphatic carbocycles. The van der Waals surface area contributed by atoms with Crippen LogP contribution < -0.4 is 16.4 Å². The molecule has 1 aromatic carbocycles. The number of aliphatic carboxylic acids is 1. The monoisotopic (exact) mass is 317 g/mol. The first-order valence-electron chi connectivity index (χ1n) is 7.20. The van der Waals surface area contributed by atoms with E-state index in [1.807, 2.05) is 42.2 Å². The third-order valence-corrected chi connectivity index (χ3v) is 4.03. The predicted molar refractivity (Wildman–Crippen MR) is 83.7 cm³/mol. The molecule has 2 aliphatic heterocycles. The number of aliphatic imine (C=N–C) groups is 1. The number of amidine groups is 1. The minimum Gasteiger partial charge on any atom is -0.475 e. The summed E-state index contributed by atoms with van der Waals surface area (Å²) in [4.78, 5) is 17.2. The van der Waals surface area contributed by atoms with E-state index in [0.717, 1.165) is 5.56 Å². The molecule has 1 aromatic rings. The van der Waals surface area contributed by atoms with E-state index in [1.54, 1.807) is 0 Å². The van der Waals surface area contributed by atoms with Gasteiger partial charge in [0, 0.05) is 13.7 Å². The van der Waals surface area contributed by atoms with Crippen molar-refractivity contribution in [2.45, 2.75) is 25.5 Å². The highest BCUT2D eigenvalue weighted by Crippen LogP contribution is 2.35. The van der Waals surface area contributed by atoms with Gasteiger partial charge < -0.3 is 26.2 Å². The zero-order chi connectivity index (χ0) is 16.6. The number of nitrogens with one attached hydrogen (secondary N) is 2. The van der Waals surface area contributed by atoms with Crippen molar-refractivity contribution in [1.82, 2.24) is 15.5 Å². The van der Waals surface area contributed by atoms with Crippen molar-refractivity contribution in [2.75, 3.05) is 7.11 Å². The molecule has 1 fully saturated rings. The SMILES string of the molecule is COC12NC(C(=O)O)=NC(N)=C1NC(C)N2Cc1ccccc1. The molecule has 8 heteroatoms. The van der Waals surface area contributed by atoms with E-state index in [-0.39, 0.29) is 17.8 Å². The van der Waals surface area contributed by atoms with Crippen molar-refractivity contribution in [2.24, 2.45) is 10.7 Å². The average molecular weight is 317 g/mol. The predicted octanol–water partition coefficient (Wildman–Crippen LogP) is -0.0479. The summed E-state index contributed by atoms with van der Waals surface area (Å²) < 4.78 is 5.68. The molecule has 122 valence electrons. The number of hydrogen-bond acceptors (Lipinski definition) is 7. The summed E-state index contributed by atoms with van der Waals surface area (Å²) >= 11 is 0. The standard InChI is InChI=1S/C15H19N5O3/c1-9-17-11-12(16)18-13(14(21)22)19-15(11,23-2)20(9)8-10-6-4-3-5-7-10/h3-7,9,17H,8,16H2,1-2H3,(H,18,19)(H,21,22). The molecule has 23 heavy (non-hydrogen) atoms. The van der Waals surface area contributed by atoms with Gasteiger partial charge in [0.1, 0.15) is 5.70 Å². The Morgan fingerprint density at radius 3 is 2.78 bits per heavy atom. The van der Waals surface area contributed by atoms with Crippen LogP contribution in [0.15, 0.2) is 46.8 Å². The fourth-order valence-electron chi connectivity index (χ4n) is 2.95. The van der Waals surface area contributed by atoms with E-state index in [2.05, 4.69) is 15.6 Å². The molecule has 0 bridgehead atoms. The van der Waals surface area contributed by atoms with Crippen molar-refractivity contribution < 1.29 is 14.6 Å². The molecule has 3 rings (SSSR count). The second-order valence-electron chi connectivity index (χ2n) is 5.43. The number of carbonyl (C=O) groups is 1. The molecular formula is C15H19N5O3. The average Bonchev–Trinajstić information content (AvgIpc) is 2.82. The Hall–Kier alpha value is -2.58. The van der Waals surface area contributed by atoms with Crippen LogP contribution in [0.1, 0.15) is 12.5 Å². The highest BCUT2D eigenvalue weighted by molar-refractivity contribution is 6.35. The number of methoxy groups -OCH3 is 1. The maximum atomic E-state index is 11.3. The number of nitrogens with two attached hydrogens (primary N) is 1. The highest BCUT2D eigenvalue weighted by atomic mass is 16.5. The highest BCUT2D eigenvalue weighted by Gasteiger charge is 2.54. The minimum absolute atomic E-state index is 0.102. The molecule has 2 unspecified atom stereocenters. The smallest absolute Gasteiger partial charge is 0.371 e. The lowest BCUT2D eigenvalue weighted by Gasteiger charge is -2.40. The quantitative estimate of drug-likeness (QED) is 0.616. The van der Waals surface area contributed by atoms with E-state index in [0.29, 0.717) is 12.2 Å². The van der Waals surface area contributed by atoms with Crippen LogP contribution >= 0.6 is 0 Å². The van der Waals surface area contributed by atoms with Gasteiger partial charge in [0.05, 0.1) is 6.17 Å². The minimum atomic E-state index is -1.19. The van der Waals surface area contributed by atoms with Gasteiger partial charge in [0.2, 0.25) is 11.7 Å². The summed E-state index contributed by atoms with van der Waals surface area (Å²) in [5, 5.41) is 15.3. The van der Waals surface area contributed by atoms with Crippen molar-refractivity contribution in [3.8, 4) is 0 Å². The zero-order valence-corrected chi connectivity index (χ0v) is 12.9. The number of nitrogens with zero attached hydrogens (tertiary/aromatic N) is 2. The van der Waals surface area contributed by atoms with E-state index < -0.39 is 11.8 Å². The molecule has 0 spiro atoms. The third kappa shape index (κ3) is 2.41. The number of ether oxygens (including phenoxy) is 1. The van der Waals surface area contributed by atoms with Crippen LogP contribution in [-0.2, 0) is 16.1 Å². The van der Waals surface area contributed by atoms with E-state index >= 15 is 0 Å². The third-order valence-electron chi connectivity index (χ3n) is 4.03. The molecule has 2 atom stereocenters. The number of carboxylic acid groups (broad SMARTS) is 1. The molecular weight excluding hydrogens is 298 g/mol. The molecule has 1 saturated heterocycles. The number of fused-ring (bicyclic) bond motifs is 1. The molecule has 0 saturated carbocycles. The fourth-order valence-corrected chi connectivity index (χ4v) is 2.95. The van der Waals surface area contributed by atoms with Crippen molar-refractivity contribution >= 4 is 11.8 Å². The normalized spacial score (nSPS) is 27.0. The molecule has 5 N–H and O–H groups in total. The van der Waals surface area contributed by atoms with Gasteiger partial charge >= 0.3 is 5.97 Å². The van der Waals surface area contributed by atoms with Gasteiger partial charge in [0.25, 0.3) is 0 Å². The summed E-state index contributed by atoms with van der Waals surface area (Å²) in [5.41, 5.74) is 7.54. The molecule has 2 aliphatic rings. The zero-order valence-electron chi connectivity index (χ0n) is 12.9. The van der Waals surface area contributed by atoms with Crippen LogP contribution in [0.5, 0.6) is 0 Å². The number of carboxylic acids is 1. The van der Waals surface area contributed by atoms with Crippen molar-refractivity contribution in [3.05, 3.63) is 47.4 Å². The van der Waals surface area contributed by atoms with Crippen molar-refractivity contribution in [3.63, 3.8) is 0 Å². The van der Waals surface area contributed by atoms with Crippen LogP contribution in [0.2, 0.25) is 0 Å². The van der Waals surface area contributed by atoms with Gasteiger partial charge in [0.15, 0.2) is 5.82 Å². The number of hydrogen-bond donors (Lipinski definition) is 4. The topological polar surface area (TPSA) is 112 Å². The summed E-state index contributed by atoms with van der Waals surface area (Å²) in [6, 6.07) is 9.84. The van der Waals surface area contributed by atoms with Crippen LogP contribution in [0.25, 0.3) is 0 Å². The molecule has 8 nitrogen and oxygen atoms in total. The lowest BCUT2D eigenvalue weighted by Crippen LogP contribution is -2.63. The lowest BCUT2D eigenvalue weighted by atomic mass is 10.1. The molecule has 0 amide bonds. The van der Waals surface area contributed by atoms with E-state index in [9.17, 15) is 9.90 Å². The van der Waals surface area contributed by atoms with Gasteiger partial charge in [-0.25, -0.2) is 14.7 Å². The molecule has 2 heterocycles. The number of rotatable bonds is 4. The first kappa shape index (κ1) is 15.3.